The van der Waals surface area contributed by atoms with Gasteiger partial charge in [0.2, 0.25) is 0 Å². The van der Waals surface area contributed by atoms with Crippen molar-refractivity contribution in [3.63, 3.8) is 0 Å². The van der Waals surface area contributed by atoms with Gasteiger partial charge in [0.1, 0.15) is 6.61 Å². The van der Waals surface area contributed by atoms with Crippen LogP contribution in [0.1, 0.15) is 27.7 Å². The van der Waals surface area contributed by atoms with Gasteiger partial charge in [-0.05, 0) is 53.2 Å². The molecule has 3 aromatic carbocycles. The summed E-state index contributed by atoms with van der Waals surface area (Å²) in [6.07, 6.45) is 1.49. The van der Waals surface area contributed by atoms with Crippen molar-refractivity contribution in [3.8, 4) is 11.5 Å². The number of hydrogen-bond donors (Lipinski definition) is 1. The predicted octanol–water partition coefficient (Wildman–Crippen LogP) is 6.97. The second-order valence-electron chi connectivity index (χ2n) is 7.42. The van der Waals surface area contributed by atoms with E-state index in [-0.39, 0.29) is 12.3 Å². The average Bonchev–Trinajstić information content (AvgIpc) is 3.29. The second kappa shape index (κ2) is 11.5. The summed E-state index contributed by atoms with van der Waals surface area (Å²) in [5.74, 6) is 0.631. The molecule has 8 nitrogen and oxygen atoms in total. The summed E-state index contributed by atoms with van der Waals surface area (Å²) < 4.78 is 13.1. The molecule has 0 radical (unpaired) electrons. The number of nitrogens with one attached hydrogen (secondary N) is 1. The third-order valence-corrected chi connectivity index (χ3v) is 7.18. The third-order valence-electron chi connectivity index (χ3n) is 5.01. The predicted molar refractivity (Wildman–Crippen MR) is 145 cm³/mol. The van der Waals surface area contributed by atoms with E-state index in [1.165, 1.54) is 29.7 Å². The Morgan fingerprint density at radius 2 is 1.94 bits per heavy atom. The number of non-ortho nitro benzene ring substituents is 1. The number of nitro benzene ring substituents is 1. The Bertz CT molecular complexity index is 1470. The molecular weight excluding hydrogens is 570 g/mol. The molecule has 0 fully saturated rings. The number of hydrogen-bond acceptors (Lipinski definition) is 7. The highest BCUT2D eigenvalue weighted by Crippen LogP contribution is 2.34. The molecule has 0 saturated carbocycles. The number of ether oxygens (including phenoxy) is 2. The van der Waals surface area contributed by atoms with Crippen LogP contribution in [0.5, 0.6) is 11.5 Å². The number of benzene rings is 3. The molecule has 0 saturated heterocycles. The van der Waals surface area contributed by atoms with E-state index in [0.717, 1.165) is 10.3 Å². The van der Waals surface area contributed by atoms with Gasteiger partial charge in [-0.25, -0.2) is 5.43 Å². The number of nitro groups is 1. The van der Waals surface area contributed by atoms with Gasteiger partial charge in [-0.1, -0.05) is 29.8 Å². The minimum atomic E-state index is -0.470. The molecule has 0 unspecified atom stereocenters. The molecule has 36 heavy (non-hydrogen) atoms. The van der Waals surface area contributed by atoms with E-state index in [9.17, 15) is 14.9 Å². The minimum Gasteiger partial charge on any atom is -0.490 e. The highest BCUT2D eigenvalue weighted by molar-refractivity contribution is 9.10. The van der Waals surface area contributed by atoms with E-state index in [0.29, 0.717) is 43.4 Å². The Balaban J connectivity index is 1.47. The molecule has 1 aromatic heterocycles. The van der Waals surface area contributed by atoms with E-state index < -0.39 is 10.8 Å². The molecule has 1 amide bonds. The average molecular weight is 589 g/mol. The number of thiophene rings is 1. The summed E-state index contributed by atoms with van der Waals surface area (Å²) in [7, 11) is 0. The van der Waals surface area contributed by atoms with Gasteiger partial charge in [-0.15, -0.1) is 11.3 Å². The fraction of sp³-hybridized carbons (Fsp3) is 0.120. The number of rotatable bonds is 9. The van der Waals surface area contributed by atoms with Crippen LogP contribution < -0.4 is 14.9 Å². The van der Waals surface area contributed by atoms with Crippen LogP contribution in [0.25, 0.3) is 10.1 Å². The highest BCUT2D eigenvalue weighted by atomic mass is 79.9. The molecular formula is C25H19BrClN3O5S. The smallest absolute Gasteiger partial charge is 0.281 e. The second-order valence-corrected chi connectivity index (χ2v) is 9.77. The molecule has 0 aliphatic rings. The first kappa shape index (κ1) is 25.6. The van der Waals surface area contributed by atoms with Gasteiger partial charge in [0, 0.05) is 42.8 Å². The van der Waals surface area contributed by atoms with Crippen LogP contribution in [0.15, 0.2) is 70.2 Å². The Kier molecular flexibility index (Phi) is 8.19. The molecule has 11 heteroatoms. The molecule has 0 atom stereocenters. The van der Waals surface area contributed by atoms with Crippen molar-refractivity contribution in [2.24, 2.45) is 5.10 Å². The third kappa shape index (κ3) is 6.01. The van der Waals surface area contributed by atoms with Gasteiger partial charge in [-0.2, -0.15) is 5.10 Å². The van der Waals surface area contributed by atoms with Crippen LogP contribution in [0.4, 0.5) is 5.69 Å². The van der Waals surface area contributed by atoms with Crippen molar-refractivity contribution in [1.29, 1.82) is 0 Å². The lowest BCUT2D eigenvalue weighted by molar-refractivity contribution is -0.384. The number of halogens is 2. The first-order valence-electron chi connectivity index (χ1n) is 10.7. The van der Waals surface area contributed by atoms with Gasteiger partial charge in [0.15, 0.2) is 11.5 Å². The van der Waals surface area contributed by atoms with E-state index in [2.05, 4.69) is 26.5 Å². The van der Waals surface area contributed by atoms with Crippen LogP contribution in [-0.2, 0) is 6.61 Å². The first-order valence-corrected chi connectivity index (χ1v) is 12.7. The largest absolute Gasteiger partial charge is 0.490 e. The van der Waals surface area contributed by atoms with Gasteiger partial charge in [0.25, 0.3) is 11.6 Å². The number of carbonyl (C=O) groups is 1. The maximum atomic E-state index is 12.6. The summed E-state index contributed by atoms with van der Waals surface area (Å²) in [4.78, 5) is 23.5. The van der Waals surface area contributed by atoms with Crippen LogP contribution in [0.2, 0.25) is 5.02 Å². The SMILES string of the molecule is CCOc1cc(/C=N\NC(=O)c2cc3cc([N+](=O)[O-])ccc3s2)c(Br)cc1OCc1ccccc1Cl. The number of hydrazone groups is 1. The van der Waals surface area contributed by atoms with Gasteiger partial charge < -0.3 is 9.47 Å². The zero-order valence-corrected chi connectivity index (χ0v) is 22.0. The van der Waals surface area contributed by atoms with Crippen molar-refractivity contribution >= 4 is 66.8 Å². The zero-order chi connectivity index (χ0) is 25.7. The highest BCUT2D eigenvalue weighted by Gasteiger charge is 2.14. The lowest BCUT2D eigenvalue weighted by atomic mass is 10.2. The number of nitrogens with zero attached hydrogens (tertiary/aromatic N) is 2. The van der Waals surface area contributed by atoms with E-state index in [4.69, 9.17) is 21.1 Å². The molecule has 1 heterocycles. The van der Waals surface area contributed by atoms with Crippen molar-refractivity contribution in [1.82, 2.24) is 5.43 Å². The molecule has 184 valence electrons. The Hall–Kier alpha value is -3.47. The van der Waals surface area contributed by atoms with E-state index >= 15 is 0 Å². The first-order chi connectivity index (χ1) is 17.4. The van der Waals surface area contributed by atoms with E-state index in [1.807, 2.05) is 25.1 Å². The van der Waals surface area contributed by atoms with Crippen LogP contribution in [0, 0.1) is 10.1 Å². The Morgan fingerprint density at radius 3 is 2.69 bits per heavy atom. The summed E-state index contributed by atoms with van der Waals surface area (Å²) in [6, 6.07) is 17.0. The fourth-order valence-corrected chi connectivity index (χ4v) is 4.82. The lowest BCUT2D eigenvalue weighted by Crippen LogP contribution is -2.16. The molecule has 0 spiro atoms. The van der Waals surface area contributed by atoms with Crippen molar-refractivity contribution in [3.05, 3.63) is 96.3 Å². The quantitative estimate of drug-likeness (QED) is 0.129. The summed E-state index contributed by atoms with van der Waals surface area (Å²) in [5.41, 5.74) is 3.98. The standard InChI is InChI=1S/C25H19BrClN3O5S/c1-2-34-21-10-17(19(26)12-22(21)35-14-15-5-3-4-6-20(15)27)13-28-29-25(31)24-11-16-9-18(30(32)33)7-8-23(16)36-24/h3-13H,2,14H2,1H3,(H,29,31)/b28-13-. The van der Waals surface area contributed by atoms with Gasteiger partial charge in [-0.3, -0.25) is 14.9 Å². The van der Waals surface area contributed by atoms with Gasteiger partial charge >= 0.3 is 0 Å². The fourth-order valence-electron chi connectivity index (χ4n) is 3.27. The molecule has 1 N–H and O–H groups in total. The van der Waals surface area contributed by atoms with Crippen molar-refractivity contribution in [2.75, 3.05) is 6.61 Å². The number of amides is 1. The Labute approximate surface area is 223 Å². The molecule has 0 bridgehead atoms. The monoisotopic (exact) mass is 587 g/mol. The molecule has 0 aliphatic carbocycles. The normalized spacial score (nSPS) is 11.1. The topological polar surface area (TPSA) is 103 Å². The van der Waals surface area contributed by atoms with Crippen molar-refractivity contribution < 1.29 is 19.2 Å². The Morgan fingerprint density at radius 1 is 1.17 bits per heavy atom. The maximum absolute atomic E-state index is 12.6. The van der Waals surface area contributed by atoms with Gasteiger partial charge in [0.05, 0.1) is 22.6 Å². The molecule has 0 aliphatic heterocycles. The lowest BCUT2D eigenvalue weighted by Gasteiger charge is -2.14. The van der Waals surface area contributed by atoms with E-state index in [1.54, 1.807) is 30.3 Å². The summed E-state index contributed by atoms with van der Waals surface area (Å²) in [6.45, 7) is 2.57. The summed E-state index contributed by atoms with van der Waals surface area (Å²) >= 11 is 11.0. The number of fused-ring (bicyclic) bond motifs is 1. The summed E-state index contributed by atoms with van der Waals surface area (Å²) in [5, 5.41) is 16.3. The van der Waals surface area contributed by atoms with Crippen LogP contribution in [0.3, 0.4) is 0 Å². The van der Waals surface area contributed by atoms with Crippen LogP contribution >= 0.6 is 38.9 Å². The van der Waals surface area contributed by atoms with Crippen LogP contribution in [-0.4, -0.2) is 23.7 Å². The zero-order valence-electron chi connectivity index (χ0n) is 18.9. The molecule has 4 aromatic rings. The van der Waals surface area contributed by atoms with Crippen molar-refractivity contribution in [2.45, 2.75) is 13.5 Å². The molecule has 4 rings (SSSR count). The minimum absolute atomic E-state index is 0.0282. The number of carbonyl (C=O) groups excluding carboxylic acids is 1. The maximum Gasteiger partial charge on any atom is 0.281 e.